The summed E-state index contributed by atoms with van der Waals surface area (Å²) in [6.07, 6.45) is 4.29. The van der Waals surface area contributed by atoms with Crippen molar-refractivity contribution in [3.8, 4) is 5.75 Å². The van der Waals surface area contributed by atoms with E-state index in [-0.39, 0.29) is 29.8 Å². The molecule has 1 aliphatic carbocycles. The summed E-state index contributed by atoms with van der Waals surface area (Å²) < 4.78 is 38.6. The number of methoxy groups -OCH3 is 1. The molecule has 0 atom stereocenters. The Morgan fingerprint density at radius 2 is 1.90 bits per heavy atom. The summed E-state index contributed by atoms with van der Waals surface area (Å²) in [5, 5.41) is 0. The van der Waals surface area contributed by atoms with E-state index in [0.717, 1.165) is 19.3 Å². The van der Waals surface area contributed by atoms with Crippen molar-refractivity contribution in [2.45, 2.75) is 37.0 Å². The molecule has 4 rings (SSSR count). The quantitative estimate of drug-likeness (QED) is 0.669. The lowest BCUT2D eigenvalue weighted by atomic mass is 9.77. The van der Waals surface area contributed by atoms with Gasteiger partial charge in [0.25, 0.3) is 0 Å². The number of benzene rings is 1. The number of para-hydroxylation sites is 1. The van der Waals surface area contributed by atoms with Gasteiger partial charge >= 0.3 is 5.97 Å². The maximum absolute atomic E-state index is 13.3. The molecule has 1 saturated carbocycles. The van der Waals surface area contributed by atoms with Gasteiger partial charge in [-0.05, 0) is 37.8 Å². The average Bonchev–Trinajstić information content (AvgIpc) is 2.70. The highest BCUT2D eigenvalue weighted by atomic mass is 32.2. The van der Waals surface area contributed by atoms with Crippen LogP contribution in [-0.4, -0.2) is 69.4 Å². The first kappa shape index (κ1) is 21.1. The monoisotopic (exact) mass is 436 g/mol. The minimum absolute atomic E-state index is 0.0568. The summed E-state index contributed by atoms with van der Waals surface area (Å²) in [5.41, 5.74) is -0.467. The van der Waals surface area contributed by atoms with Crippen molar-refractivity contribution in [2.75, 3.05) is 39.9 Å². The van der Waals surface area contributed by atoms with Crippen molar-refractivity contribution in [1.82, 2.24) is 9.21 Å². The highest BCUT2D eigenvalue weighted by Gasteiger charge is 2.44. The van der Waals surface area contributed by atoms with Crippen LogP contribution in [0.2, 0.25) is 0 Å². The Bertz CT molecular complexity index is 919. The number of nitrogens with zero attached hydrogens (tertiary/aromatic N) is 2. The normalized spacial score (nSPS) is 23.4. The van der Waals surface area contributed by atoms with E-state index in [1.807, 2.05) is 4.90 Å². The van der Waals surface area contributed by atoms with E-state index in [2.05, 4.69) is 0 Å². The third-order valence-electron chi connectivity index (χ3n) is 6.64. The van der Waals surface area contributed by atoms with E-state index >= 15 is 0 Å². The number of carbonyl (C=O) groups excluding carboxylic acids is 2. The van der Waals surface area contributed by atoms with Gasteiger partial charge in [-0.15, -0.1) is 0 Å². The fraction of sp³-hybridized carbons (Fsp3) is 0.619. The topological polar surface area (TPSA) is 93.2 Å². The van der Waals surface area contributed by atoms with Crippen molar-refractivity contribution in [3.63, 3.8) is 0 Å². The zero-order valence-corrected chi connectivity index (χ0v) is 18.0. The van der Waals surface area contributed by atoms with Gasteiger partial charge in [-0.3, -0.25) is 9.59 Å². The first-order valence-corrected chi connectivity index (χ1v) is 11.9. The van der Waals surface area contributed by atoms with Crippen LogP contribution >= 0.6 is 0 Å². The number of hydrogen-bond donors (Lipinski definition) is 0. The van der Waals surface area contributed by atoms with Crippen molar-refractivity contribution >= 4 is 21.9 Å². The predicted molar refractivity (Wildman–Crippen MR) is 108 cm³/mol. The molecule has 8 nitrogen and oxygen atoms in total. The van der Waals surface area contributed by atoms with Gasteiger partial charge in [0.05, 0.1) is 13.7 Å². The van der Waals surface area contributed by atoms with Gasteiger partial charge in [-0.2, -0.15) is 4.31 Å². The first-order valence-electron chi connectivity index (χ1n) is 10.4. The Morgan fingerprint density at radius 3 is 2.53 bits per heavy atom. The summed E-state index contributed by atoms with van der Waals surface area (Å²) in [4.78, 5) is 26.6. The molecule has 9 heteroatoms. The predicted octanol–water partition coefficient (Wildman–Crippen LogP) is 1.65. The number of fused-ring (bicyclic) bond motifs is 1. The molecule has 2 heterocycles. The maximum atomic E-state index is 13.3. The summed E-state index contributed by atoms with van der Waals surface area (Å²) in [5.74, 6) is 0.0488. The molecule has 1 aromatic carbocycles. The summed E-state index contributed by atoms with van der Waals surface area (Å²) >= 11 is 0. The minimum Gasteiger partial charge on any atom is -0.492 e. The van der Waals surface area contributed by atoms with Crippen molar-refractivity contribution in [3.05, 3.63) is 24.3 Å². The third kappa shape index (κ3) is 3.92. The molecule has 164 valence electrons. The van der Waals surface area contributed by atoms with Gasteiger partial charge in [0, 0.05) is 31.0 Å². The molecule has 2 fully saturated rings. The van der Waals surface area contributed by atoms with E-state index in [9.17, 15) is 18.0 Å². The molecular formula is C21H28N2O6S. The van der Waals surface area contributed by atoms with E-state index in [1.54, 1.807) is 18.2 Å². The lowest BCUT2D eigenvalue weighted by molar-refractivity contribution is -0.141. The van der Waals surface area contributed by atoms with E-state index in [0.29, 0.717) is 38.3 Å². The molecule has 0 radical (unpaired) electrons. The number of esters is 1. The van der Waals surface area contributed by atoms with Crippen molar-refractivity contribution in [2.24, 2.45) is 11.3 Å². The second-order valence-electron chi connectivity index (χ2n) is 8.54. The number of rotatable bonds is 3. The van der Waals surface area contributed by atoms with Gasteiger partial charge in [-0.1, -0.05) is 18.6 Å². The molecule has 3 aliphatic rings. The number of ether oxygens (including phenoxy) is 2. The number of amides is 1. The van der Waals surface area contributed by atoms with Crippen LogP contribution in [0.3, 0.4) is 0 Å². The number of carbonyl (C=O) groups is 2. The Balaban J connectivity index is 1.59. The van der Waals surface area contributed by atoms with Crippen LogP contribution in [0.5, 0.6) is 5.75 Å². The van der Waals surface area contributed by atoms with Crippen LogP contribution in [0.25, 0.3) is 0 Å². The number of hydrogen-bond acceptors (Lipinski definition) is 6. The molecule has 30 heavy (non-hydrogen) atoms. The lowest BCUT2D eigenvalue weighted by Crippen LogP contribution is -2.54. The fourth-order valence-electron chi connectivity index (χ4n) is 4.42. The molecule has 1 spiro atoms. The van der Waals surface area contributed by atoms with Gasteiger partial charge in [0.15, 0.2) is 0 Å². The fourth-order valence-corrected chi connectivity index (χ4v) is 6.05. The van der Waals surface area contributed by atoms with Crippen molar-refractivity contribution < 1.29 is 27.5 Å². The van der Waals surface area contributed by atoms with Gasteiger partial charge < -0.3 is 14.4 Å². The molecule has 0 unspecified atom stereocenters. The van der Waals surface area contributed by atoms with Crippen LogP contribution < -0.4 is 4.74 Å². The van der Waals surface area contributed by atoms with E-state index in [4.69, 9.17) is 9.47 Å². The largest absolute Gasteiger partial charge is 0.492 e. The Kier molecular flexibility index (Phi) is 5.76. The standard InChI is InChI=1S/C21H28N2O6S/c1-28-19(24)13-23-14-21(9-11-22(12-10-21)20(25)16-5-4-6-16)15-29-17-7-2-3-8-18(17)30(23,26)27/h2-3,7-8,16H,4-6,9-15H2,1H3. The van der Waals surface area contributed by atoms with Crippen LogP contribution in [0.15, 0.2) is 29.2 Å². The summed E-state index contributed by atoms with van der Waals surface area (Å²) in [7, 11) is -2.69. The summed E-state index contributed by atoms with van der Waals surface area (Å²) in [6.45, 7) is 1.30. The van der Waals surface area contributed by atoms with Gasteiger partial charge in [-0.25, -0.2) is 8.42 Å². The molecule has 1 saturated heterocycles. The first-order chi connectivity index (χ1) is 14.3. The maximum Gasteiger partial charge on any atom is 0.321 e. The van der Waals surface area contributed by atoms with Crippen LogP contribution in [-0.2, 0) is 24.3 Å². The molecule has 0 bridgehead atoms. The van der Waals surface area contributed by atoms with Gasteiger partial charge in [0.1, 0.15) is 17.2 Å². The van der Waals surface area contributed by atoms with Crippen molar-refractivity contribution in [1.29, 1.82) is 0 Å². The molecule has 2 aliphatic heterocycles. The van der Waals surface area contributed by atoms with E-state index < -0.39 is 21.4 Å². The zero-order valence-electron chi connectivity index (χ0n) is 17.2. The lowest BCUT2D eigenvalue weighted by Gasteiger charge is -2.45. The number of sulfonamides is 1. The number of likely N-dealkylation sites (tertiary alicyclic amines) is 1. The minimum atomic E-state index is -3.93. The van der Waals surface area contributed by atoms with Crippen LogP contribution in [0, 0.1) is 11.3 Å². The smallest absolute Gasteiger partial charge is 0.321 e. The molecule has 0 N–H and O–H groups in total. The average molecular weight is 437 g/mol. The van der Waals surface area contributed by atoms with Crippen LogP contribution in [0.4, 0.5) is 0 Å². The Labute approximate surface area is 177 Å². The molecule has 1 amide bonds. The van der Waals surface area contributed by atoms with E-state index in [1.165, 1.54) is 17.5 Å². The molecular weight excluding hydrogens is 408 g/mol. The highest BCUT2D eigenvalue weighted by molar-refractivity contribution is 7.89. The highest BCUT2D eigenvalue weighted by Crippen LogP contribution is 2.40. The van der Waals surface area contributed by atoms with Crippen LogP contribution in [0.1, 0.15) is 32.1 Å². The Morgan fingerprint density at radius 1 is 1.20 bits per heavy atom. The SMILES string of the molecule is COC(=O)CN1CC2(CCN(C(=O)C3CCC3)CC2)COc2ccccc2S1(=O)=O. The number of piperidine rings is 1. The summed E-state index contributed by atoms with van der Waals surface area (Å²) in [6, 6.07) is 6.50. The van der Waals surface area contributed by atoms with Gasteiger partial charge in [0.2, 0.25) is 15.9 Å². The zero-order chi connectivity index (χ0) is 21.4. The second-order valence-corrected chi connectivity index (χ2v) is 10.4. The molecule has 0 aromatic heterocycles. The Hall–Kier alpha value is -2.13. The molecule has 1 aromatic rings. The third-order valence-corrected chi connectivity index (χ3v) is 8.47. The second kappa shape index (κ2) is 8.19.